The molecule has 0 radical (unpaired) electrons. The van der Waals surface area contributed by atoms with Crippen molar-refractivity contribution in [2.24, 2.45) is 7.05 Å². The minimum Gasteiger partial charge on any atom is -0.454 e. The first-order valence-corrected chi connectivity index (χ1v) is 5.40. The molecule has 0 amide bonds. The van der Waals surface area contributed by atoms with Gasteiger partial charge in [0.1, 0.15) is 5.82 Å². The van der Waals surface area contributed by atoms with Crippen LogP contribution in [0.5, 0.6) is 11.5 Å². The number of rotatable bonds is 2. The van der Waals surface area contributed by atoms with Crippen LogP contribution in [0.25, 0.3) is 11.3 Å². The maximum Gasteiger partial charge on any atom is 0.231 e. The van der Waals surface area contributed by atoms with Crippen molar-refractivity contribution >= 4 is 5.82 Å². The summed E-state index contributed by atoms with van der Waals surface area (Å²) in [5.74, 6) is 2.43. The lowest BCUT2D eigenvalue weighted by molar-refractivity contribution is 0.174. The van der Waals surface area contributed by atoms with E-state index in [0.29, 0.717) is 6.79 Å². The van der Waals surface area contributed by atoms with Crippen molar-refractivity contribution in [3.63, 3.8) is 0 Å². The minimum absolute atomic E-state index is 0.298. The Balaban J connectivity index is 2.06. The molecule has 0 bridgehead atoms. The highest BCUT2D eigenvalue weighted by atomic mass is 16.7. The topological polar surface area (TPSA) is 48.3 Å². The molecule has 0 aliphatic carbocycles. The fraction of sp³-hybridized carbons (Fsp3) is 0.250. The number of hydrogen-bond acceptors (Lipinski definition) is 4. The number of ether oxygens (including phenoxy) is 2. The average Bonchev–Trinajstić information content (AvgIpc) is 2.93. The van der Waals surface area contributed by atoms with Crippen LogP contribution in [0, 0.1) is 0 Å². The Labute approximate surface area is 99.0 Å². The molecule has 1 aliphatic heterocycles. The van der Waals surface area contributed by atoms with Crippen LogP contribution in [0.1, 0.15) is 0 Å². The molecule has 1 aromatic carbocycles. The van der Waals surface area contributed by atoms with Crippen LogP contribution in [0.4, 0.5) is 5.82 Å². The van der Waals surface area contributed by atoms with Gasteiger partial charge in [-0.05, 0) is 18.2 Å². The zero-order chi connectivity index (χ0) is 11.8. The molecule has 1 N–H and O–H groups in total. The number of benzene rings is 1. The smallest absolute Gasteiger partial charge is 0.231 e. The van der Waals surface area contributed by atoms with Crippen LogP contribution in [0.2, 0.25) is 0 Å². The predicted molar refractivity (Wildman–Crippen MR) is 64.3 cm³/mol. The number of anilines is 1. The highest BCUT2D eigenvalue weighted by Crippen LogP contribution is 2.36. The Hall–Kier alpha value is -2.17. The van der Waals surface area contributed by atoms with Crippen molar-refractivity contribution in [2.75, 3.05) is 19.2 Å². The second-order valence-electron chi connectivity index (χ2n) is 3.86. The summed E-state index contributed by atoms with van der Waals surface area (Å²) in [6, 6.07) is 7.89. The molecule has 0 fully saturated rings. The molecule has 0 saturated carbocycles. The number of hydrogen-bond donors (Lipinski definition) is 1. The molecule has 5 nitrogen and oxygen atoms in total. The zero-order valence-electron chi connectivity index (χ0n) is 9.73. The van der Waals surface area contributed by atoms with Gasteiger partial charge in [0.2, 0.25) is 6.79 Å². The SMILES string of the molecule is CNc1cc(-c2ccc3c(c2)OCO3)n(C)n1. The first kappa shape index (κ1) is 10.0. The molecule has 0 spiro atoms. The molecule has 17 heavy (non-hydrogen) atoms. The summed E-state index contributed by atoms with van der Waals surface area (Å²) in [6.07, 6.45) is 0. The monoisotopic (exact) mass is 231 g/mol. The van der Waals surface area contributed by atoms with Crippen LogP contribution in [0.15, 0.2) is 24.3 Å². The highest BCUT2D eigenvalue weighted by Gasteiger charge is 2.15. The van der Waals surface area contributed by atoms with Crippen molar-refractivity contribution in [1.29, 1.82) is 0 Å². The molecule has 2 aromatic rings. The van der Waals surface area contributed by atoms with E-state index in [-0.39, 0.29) is 0 Å². The minimum atomic E-state index is 0.298. The van der Waals surface area contributed by atoms with Crippen molar-refractivity contribution in [1.82, 2.24) is 9.78 Å². The maximum absolute atomic E-state index is 5.37. The van der Waals surface area contributed by atoms with E-state index in [2.05, 4.69) is 10.4 Å². The van der Waals surface area contributed by atoms with Crippen molar-refractivity contribution < 1.29 is 9.47 Å². The summed E-state index contributed by atoms with van der Waals surface area (Å²) in [7, 11) is 3.77. The van der Waals surface area contributed by atoms with Crippen LogP contribution < -0.4 is 14.8 Å². The summed E-state index contributed by atoms with van der Waals surface area (Å²) in [5, 5.41) is 7.35. The summed E-state index contributed by atoms with van der Waals surface area (Å²) in [5.41, 5.74) is 2.10. The van der Waals surface area contributed by atoms with Gasteiger partial charge in [-0.2, -0.15) is 5.10 Å². The number of aryl methyl sites for hydroxylation is 1. The van der Waals surface area contributed by atoms with E-state index in [1.54, 1.807) is 0 Å². The van der Waals surface area contributed by atoms with Gasteiger partial charge in [-0.3, -0.25) is 4.68 Å². The van der Waals surface area contributed by atoms with E-state index < -0.39 is 0 Å². The van der Waals surface area contributed by atoms with Crippen molar-refractivity contribution in [2.45, 2.75) is 0 Å². The second-order valence-corrected chi connectivity index (χ2v) is 3.86. The quantitative estimate of drug-likeness (QED) is 0.857. The van der Waals surface area contributed by atoms with E-state index in [4.69, 9.17) is 9.47 Å². The first-order chi connectivity index (χ1) is 8.28. The average molecular weight is 231 g/mol. The normalized spacial score (nSPS) is 12.8. The van der Waals surface area contributed by atoms with Crippen LogP contribution in [-0.4, -0.2) is 23.6 Å². The lowest BCUT2D eigenvalue weighted by Gasteiger charge is -2.02. The van der Waals surface area contributed by atoms with Gasteiger partial charge in [0.25, 0.3) is 0 Å². The Morgan fingerprint density at radius 2 is 2.06 bits per heavy atom. The summed E-state index contributed by atoms with van der Waals surface area (Å²) in [4.78, 5) is 0. The number of nitrogens with one attached hydrogen (secondary N) is 1. The number of nitrogens with zero attached hydrogens (tertiary/aromatic N) is 2. The lowest BCUT2D eigenvalue weighted by atomic mass is 10.1. The number of aromatic nitrogens is 2. The number of fused-ring (bicyclic) bond motifs is 1. The van der Waals surface area contributed by atoms with Crippen molar-refractivity contribution in [3.8, 4) is 22.8 Å². The molecular formula is C12H13N3O2. The summed E-state index contributed by atoms with van der Waals surface area (Å²) >= 11 is 0. The fourth-order valence-corrected chi connectivity index (χ4v) is 1.92. The third-order valence-electron chi connectivity index (χ3n) is 2.80. The van der Waals surface area contributed by atoms with Gasteiger partial charge in [0.05, 0.1) is 5.69 Å². The molecule has 0 saturated heterocycles. The lowest BCUT2D eigenvalue weighted by Crippen LogP contribution is -1.95. The third kappa shape index (κ3) is 1.60. The Bertz CT molecular complexity index is 563. The van der Waals surface area contributed by atoms with Crippen LogP contribution in [0.3, 0.4) is 0 Å². The highest BCUT2D eigenvalue weighted by molar-refractivity contribution is 5.67. The Morgan fingerprint density at radius 1 is 1.24 bits per heavy atom. The van der Waals surface area contributed by atoms with E-state index in [1.165, 1.54) is 0 Å². The zero-order valence-corrected chi connectivity index (χ0v) is 9.73. The Kier molecular flexibility index (Phi) is 2.18. The predicted octanol–water partition coefficient (Wildman–Crippen LogP) is 1.86. The fourth-order valence-electron chi connectivity index (χ4n) is 1.92. The van der Waals surface area contributed by atoms with Crippen molar-refractivity contribution in [3.05, 3.63) is 24.3 Å². The molecule has 1 aliphatic rings. The van der Waals surface area contributed by atoms with Crippen LogP contribution >= 0.6 is 0 Å². The maximum atomic E-state index is 5.37. The van der Waals surface area contributed by atoms with Crippen LogP contribution in [-0.2, 0) is 7.05 Å². The summed E-state index contributed by atoms with van der Waals surface area (Å²) < 4.78 is 12.5. The molecule has 0 unspecified atom stereocenters. The third-order valence-corrected chi connectivity index (χ3v) is 2.80. The first-order valence-electron chi connectivity index (χ1n) is 5.40. The van der Waals surface area contributed by atoms with Gasteiger partial charge in [-0.15, -0.1) is 0 Å². The van der Waals surface area contributed by atoms with Gasteiger partial charge < -0.3 is 14.8 Å². The van der Waals surface area contributed by atoms with E-state index in [1.807, 2.05) is 43.0 Å². The van der Waals surface area contributed by atoms with E-state index in [0.717, 1.165) is 28.6 Å². The molecule has 0 atom stereocenters. The second kappa shape index (κ2) is 3.69. The largest absolute Gasteiger partial charge is 0.454 e. The Morgan fingerprint density at radius 3 is 2.82 bits per heavy atom. The van der Waals surface area contributed by atoms with Gasteiger partial charge in [0, 0.05) is 25.7 Å². The summed E-state index contributed by atoms with van der Waals surface area (Å²) in [6.45, 7) is 0.298. The molecule has 88 valence electrons. The van der Waals surface area contributed by atoms with E-state index >= 15 is 0 Å². The standard InChI is InChI=1S/C12H13N3O2/c1-13-12-6-9(15(2)14-12)8-3-4-10-11(5-8)17-7-16-10/h3-6H,7H2,1-2H3,(H,13,14). The molecule has 2 heterocycles. The van der Waals surface area contributed by atoms with Gasteiger partial charge in [0.15, 0.2) is 11.5 Å². The molecule has 1 aromatic heterocycles. The van der Waals surface area contributed by atoms with Gasteiger partial charge in [-0.1, -0.05) is 0 Å². The van der Waals surface area contributed by atoms with Gasteiger partial charge >= 0.3 is 0 Å². The molecular weight excluding hydrogens is 218 g/mol. The molecule has 5 heteroatoms. The van der Waals surface area contributed by atoms with Gasteiger partial charge in [-0.25, -0.2) is 0 Å². The van der Waals surface area contributed by atoms with E-state index in [9.17, 15) is 0 Å². The molecule has 3 rings (SSSR count).